The number of nitrogens with two attached hydrogens (primary N) is 1. The minimum absolute atomic E-state index is 0.00144. The number of anilines is 1. The van der Waals surface area contributed by atoms with E-state index in [0.717, 1.165) is 0 Å². The Morgan fingerprint density at radius 3 is 2.74 bits per heavy atom. The zero-order chi connectivity index (χ0) is 24.6. The number of nitrogen functional groups attached to an aromatic ring is 1. The molecular formula is C23H26ClFN6O3. The first kappa shape index (κ1) is 23.7. The summed E-state index contributed by atoms with van der Waals surface area (Å²) >= 11 is 6.08. The molecule has 1 amide bonds. The van der Waals surface area contributed by atoms with Gasteiger partial charge in [0.1, 0.15) is 29.3 Å². The van der Waals surface area contributed by atoms with Gasteiger partial charge >= 0.3 is 6.09 Å². The molecule has 0 aliphatic carbocycles. The molecule has 1 aromatic carbocycles. The van der Waals surface area contributed by atoms with Crippen LogP contribution in [0.1, 0.15) is 45.4 Å². The van der Waals surface area contributed by atoms with Gasteiger partial charge in [0.15, 0.2) is 11.6 Å². The number of hydrogen-bond acceptors (Lipinski definition) is 7. The first-order valence-corrected chi connectivity index (χ1v) is 11.2. The van der Waals surface area contributed by atoms with Crippen molar-refractivity contribution in [2.75, 3.05) is 18.8 Å². The monoisotopic (exact) mass is 488 g/mol. The maximum Gasteiger partial charge on any atom is 0.410 e. The molecule has 3 aromatic rings. The lowest BCUT2D eigenvalue weighted by atomic mass is 10.1. The van der Waals surface area contributed by atoms with Gasteiger partial charge in [0.05, 0.1) is 24.3 Å². The van der Waals surface area contributed by atoms with Gasteiger partial charge in [-0.15, -0.1) is 0 Å². The maximum absolute atomic E-state index is 13.8. The van der Waals surface area contributed by atoms with Crippen LogP contribution in [0.3, 0.4) is 0 Å². The van der Waals surface area contributed by atoms with Crippen LogP contribution < -0.4 is 10.5 Å². The highest BCUT2D eigenvalue weighted by atomic mass is 35.5. The maximum atomic E-state index is 13.8. The van der Waals surface area contributed by atoms with E-state index in [9.17, 15) is 9.18 Å². The molecule has 0 spiro atoms. The lowest BCUT2D eigenvalue weighted by Gasteiger charge is -2.38. The molecule has 1 fully saturated rings. The Morgan fingerprint density at radius 2 is 2.03 bits per heavy atom. The summed E-state index contributed by atoms with van der Waals surface area (Å²) in [5.41, 5.74) is 7.18. The first-order valence-electron chi connectivity index (χ1n) is 10.8. The van der Waals surface area contributed by atoms with E-state index < -0.39 is 17.5 Å². The fourth-order valence-corrected chi connectivity index (χ4v) is 3.72. The van der Waals surface area contributed by atoms with Crippen molar-refractivity contribution in [1.82, 2.24) is 24.9 Å². The van der Waals surface area contributed by atoms with Gasteiger partial charge in [-0.3, -0.25) is 0 Å². The molecule has 2 N–H and O–H groups in total. The molecule has 4 rings (SSSR count). The number of benzene rings is 1. The Kier molecular flexibility index (Phi) is 6.35. The number of nitrogens with zero attached hydrogens (tertiary/aromatic N) is 5. The zero-order valence-corrected chi connectivity index (χ0v) is 20.1. The van der Waals surface area contributed by atoms with E-state index in [0.29, 0.717) is 35.7 Å². The lowest BCUT2D eigenvalue weighted by molar-refractivity contribution is -0.00221. The van der Waals surface area contributed by atoms with Crippen molar-refractivity contribution in [1.29, 1.82) is 0 Å². The van der Waals surface area contributed by atoms with Crippen LogP contribution in [0.2, 0.25) is 5.02 Å². The molecule has 0 radical (unpaired) electrons. The Bertz CT molecular complexity index is 1210. The number of pyridine rings is 1. The van der Waals surface area contributed by atoms with Crippen LogP contribution in [-0.4, -0.2) is 49.7 Å². The van der Waals surface area contributed by atoms with Crippen LogP contribution >= 0.6 is 11.6 Å². The lowest BCUT2D eigenvalue weighted by Crippen LogP contribution is -2.52. The van der Waals surface area contributed by atoms with Gasteiger partial charge in [0.2, 0.25) is 0 Å². The Hall–Kier alpha value is -3.40. The Morgan fingerprint density at radius 1 is 1.29 bits per heavy atom. The molecule has 0 bridgehead atoms. The van der Waals surface area contributed by atoms with Crippen LogP contribution in [-0.2, 0) is 4.74 Å². The van der Waals surface area contributed by atoms with E-state index in [1.165, 1.54) is 6.07 Å². The normalized spacial score (nSPS) is 15.1. The third kappa shape index (κ3) is 5.06. The smallest absolute Gasteiger partial charge is 0.410 e. The van der Waals surface area contributed by atoms with Crippen LogP contribution in [0.5, 0.6) is 5.75 Å². The molecule has 2 aromatic heterocycles. The van der Waals surface area contributed by atoms with Gasteiger partial charge in [0, 0.05) is 17.3 Å². The summed E-state index contributed by atoms with van der Waals surface area (Å²) in [5.74, 6) is -0.0190. The minimum Gasteiger partial charge on any atom is -0.482 e. The number of halogens is 2. The molecule has 1 saturated heterocycles. The molecule has 1 aliphatic heterocycles. The van der Waals surface area contributed by atoms with Gasteiger partial charge < -0.3 is 20.1 Å². The Labute approximate surface area is 201 Å². The third-order valence-electron chi connectivity index (χ3n) is 5.25. The number of carbonyl (C=O) groups excluding carboxylic acids is 1. The molecule has 1 aliphatic rings. The summed E-state index contributed by atoms with van der Waals surface area (Å²) in [7, 11) is 0. The summed E-state index contributed by atoms with van der Waals surface area (Å²) in [6, 6.07) is 6.20. The van der Waals surface area contributed by atoms with Gasteiger partial charge in [-0.05, 0) is 39.8 Å². The van der Waals surface area contributed by atoms with Gasteiger partial charge in [0.25, 0.3) is 0 Å². The molecule has 0 saturated carbocycles. The number of hydrogen-bond donors (Lipinski definition) is 1. The molecule has 1 atom stereocenters. The second kappa shape index (κ2) is 9.09. The van der Waals surface area contributed by atoms with Crippen molar-refractivity contribution in [3.8, 4) is 17.0 Å². The molecule has 0 unspecified atom stereocenters. The summed E-state index contributed by atoms with van der Waals surface area (Å²) < 4.78 is 25.1. The average Bonchev–Trinajstić information content (AvgIpc) is 3.18. The van der Waals surface area contributed by atoms with E-state index in [2.05, 4.69) is 15.2 Å². The van der Waals surface area contributed by atoms with E-state index >= 15 is 0 Å². The quantitative estimate of drug-likeness (QED) is 0.557. The summed E-state index contributed by atoms with van der Waals surface area (Å²) in [6.07, 6.45) is 2.27. The molecule has 180 valence electrons. The van der Waals surface area contributed by atoms with Crippen LogP contribution in [0.4, 0.5) is 15.0 Å². The van der Waals surface area contributed by atoms with Crippen molar-refractivity contribution in [3.05, 3.63) is 53.1 Å². The second-order valence-electron chi connectivity index (χ2n) is 9.10. The van der Waals surface area contributed by atoms with Crippen molar-refractivity contribution < 1.29 is 18.7 Å². The minimum atomic E-state index is -0.563. The second-order valence-corrected chi connectivity index (χ2v) is 9.48. The highest BCUT2D eigenvalue weighted by Crippen LogP contribution is 2.33. The number of amides is 1. The fraction of sp³-hybridized carbons (Fsp3) is 0.391. The van der Waals surface area contributed by atoms with Crippen molar-refractivity contribution in [3.63, 3.8) is 0 Å². The third-order valence-corrected chi connectivity index (χ3v) is 5.65. The predicted octanol–water partition coefficient (Wildman–Crippen LogP) is 4.65. The van der Waals surface area contributed by atoms with Gasteiger partial charge in [-0.1, -0.05) is 23.7 Å². The van der Waals surface area contributed by atoms with E-state index in [1.54, 1.807) is 47.2 Å². The van der Waals surface area contributed by atoms with Gasteiger partial charge in [-0.2, -0.15) is 15.0 Å². The molecule has 11 heteroatoms. The Balaban J connectivity index is 1.45. The zero-order valence-electron chi connectivity index (χ0n) is 19.3. The van der Waals surface area contributed by atoms with Crippen LogP contribution in [0.15, 0.2) is 36.7 Å². The summed E-state index contributed by atoms with van der Waals surface area (Å²) in [5, 5.41) is 8.86. The first-order chi connectivity index (χ1) is 16.0. The fourth-order valence-electron chi connectivity index (χ4n) is 3.44. The van der Waals surface area contributed by atoms with Crippen LogP contribution in [0.25, 0.3) is 11.3 Å². The van der Waals surface area contributed by atoms with E-state index in [1.807, 2.05) is 20.8 Å². The molecule has 9 nitrogen and oxygen atoms in total. The van der Waals surface area contributed by atoms with Crippen molar-refractivity contribution >= 4 is 23.5 Å². The predicted molar refractivity (Wildman–Crippen MR) is 125 cm³/mol. The average molecular weight is 489 g/mol. The van der Waals surface area contributed by atoms with Crippen molar-refractivity contribution in [2.45, 2.75) is 45.4 Å². The van der Waals surface area contributed by atoms with Gasteiger partial charge in [-0.25, -0.2) is 14.2 Å². The van der Waals surface area contributed by atoms with E-state index in [-0.39, 0.29) is 23.0 Å². The number of carbonyl (C=O) groups is 1. The highest BCUT2D eigenvalue weighted by molar-refractivity contribution is 6.31. The topological polar surface area (TPSA) is 108 Å². The number of likely N-dealkylation sites (tertiary alicyclic amines) is 1. The standard InChI is InChI=1S/C23H26ClFN6O3/c1-13(16-6-5-7-17(25)20(16)24)33-19-8-14(9-27-21(19)26)18-10-28-31(29-18)15-11-30(12-15)22(32)34-23(2,3)4/h5-10,13,15H,11-12H2,1-4H3,(H2,26,27)/t13-/m1/s1. The largest absolute Gasteiger partial charge is 0.482 e. The highest BCUT2D eigenvalue weighted by Gasteiger charge is 2.36. The molecule has 3 heterocycles. The SMILES string of the molecule is C[C@@H](Oc1cc(-c2cnn(C3CN(C(=O)OC(C)(C)C)C3)n2)cnc1N)c1cccc(F)c1Cl. The number of ether oxygens (including phenoxy) is 2. The summed E-state index contributed by atoms with van der Waals surface area (Å²) in [6.45, 7) is 8.16. The number of rotatable bonds is 5. The summed E-state index contributed by atoms with van der Waals surface area (Å²) in [4.78, 5) is 19.5. The van der Waals surface area contributed by atoms with E-state index in [4.69, 9.17) is 26.8 Å². The number of aromatic nitrogens is 4. The van der Waals surface area contributed by atoms with Crippen molar-refractivity contribution in [2.24, 2.45) is 0 Å². The molecule has 34 heavy (non-hydrogen) atoms. The van der Waals surface area contributed by atoms with Crippen LogP contribution in [0, 0.1) is 5.82 Å². The molecular weight excluding hydrogens is 463 g/mol.